The molecular weight excluding hydrogens is 284 g/mol. The van der Waals surface area contributed by atoms with Crippen LogP contribution in [0.15, 0.2) is 23.4 Å². The third kappa shape index (κ3) is 2.94. The number of nitrogens with zero attached hydrogens (tertiary/aromatic N) is 3. The first-order chi connectivity index (χ1) is 9.43. The van der Waals surface area contributed by atoms with Gasteiger partial charge in [-0.1, -0.05) is 0 Å². The van der Waals surface area contributed by atoms with Crippen molar-refractivity contribution < 1.29 is 13.3 Å². The summed E-state index contributed by atoms with van der Waals surface area (Å²) in [5, 5.41) is 13.5. The van der Waals surface area contributed by atoms with E-state index in [0.717, 1.165) is 31.6 Å². The van der Waals surface area contributed by atoms with Crippen molar-refractivity contribution in [3.8, 4) is 0 Å². The van der Waals surface area contributed by atoms with Crippen LogP contribution in [-0.4, -0.2) is 48.8 Å². The molecular formula is C11H16N4O4S. The van der Waals surface area contributed by atoms with Crippen LogP contribution in [0.1, 0.15) is 12.8 Å². The topological polar surface area (TPSA) is 105 Å². The van der Waals surface area contributed by atoms with Gasteiger partial charge < -0.3 is 5.32 Å². The molecule has 2 heterocycles. The lowest BCUT2D eigenvalue weighted by Crippen LogP contribution is -2.46. The Morgan fingerprint density at radius 2 is 2.25 bits per heavy atom. The number of aromatic nitrogens is 1. The molecule has 9 heteroatoms. The van der Waals surface area contributed by atoms with Gasteiger partial charge in [0.25, 0.3) is 15.7 Å². The Kier molecular flexibility index (Phi) is 4.31. The van der Waals surface area contributed by atoms with E-state index in [-0.39, 0.29) is 16.8 Å². The van der Waals surface area contributed by atoms with Gasteiger partial charge >= 0.3 is 0 Å². The Bertz CT molecular complexity index is 581. The molecule has 2 rings (SSSR count). The molecule has 1 saturated heterocycles. The molecule has 1 aliphatic rings. The second kappa shape index (κ2) is 5.81. The molecule has 1 fully saturated rings. The fourth-order valence-electron chi connectivity index (χ4n) is 2.12. The molecule has 1 aromatic heterocycles. The maximum atomic E-state index is 12.4. The summed E-state index contributed by atoms with van der Waals surface area (Å²) in [5.41, 5.74) is -0.231. The highest BCUT2D eigenvalue weighted by atomic mass is 32.2. The molecule has 0 radical (unpaired) electrons. The summed E-state index contributed by atoms with van der Waals surface area (Å²) < 4.78 is 26.0. The van der Waals surface area contributed by atoms with Crippen LogP contribution < -0.4 is 5.32 Å². The van der Waals surface area contributed by atoms with Gasteiger partial charge in [0.1, 0.15) is 6.20 Å². The van der Waals surface area contributed by atoms with Crippen LogP contribution in [0.5, 0.6) is 0 Å². The van der Waals surface area contributed by atoms with Crippen LogP contribution >= 0.6 is 0 Å². The average molecular weight is 300 g/mol. The predicted octanol–water partition coefficient (Wildman–Crippen LogP) is 0.362. The Morgan fingerprint density at radius 3 is 2.75 bits per heavy atom. The second-order valence-corrected chi connectivity index (χ2v) is 6.58. The molecule has 0 spiro atoms. The summed E-state index contributed by atoms with van der Waals surface area (Å²) in [6, 6.07) is 2.19. The summed E-state index contributed by atoms with van der Waals surface area (Å²) in [4.78, 5) is 13.6. The van der Waals surface area contributed by atoms with E-state index in [1.807, 2.05) is 0 Å². The molecule has 0 aliphatic carbocycles. The van der Waals surface area contributed by atoms with Crippen LogP contribution in [0.4, 0.5) is 5.69 Å². The van der Waals surface area contributed by atoms with Crippen LogP contribution in [0, 0.1) is 10.1 Å². The number of nitro groups is 1. The van der Waals surface area contributed by atoms with Gasteiger partial charge in [0.15, 0.2) is 5.03 Å². The first-order valence-electron chi connectivity index (χ1n) is 6.22. The van der Waals surface area contributed by atoms with E-state index in [0.29, 0.717) is 6.54 Å². The van der Waals surface area contributed by atoms with E-state index in [2.05, 4.69) is 10.3 Å². The van der Waals surface area contributed by atoms with E-state index in [4.69, 9.17) is 0 Å². The summed E-state index contributed by atoms with van der Waals surface area (Å²) in [7, 11) is -2.21. The number of nitrogens with one attached hydrogen (secondary N) is 1. The minimum absolute atomic E-state index is 0.120. The van der Waals surface area contributed by atoms with Crippen molar-refractivity contribution in [3.05, 3.63) is 28.4 Å². The molecule has 0 amide bonds. The van der Waals surface area contributed by atoms with Gasteiger partial charge in [-0.2, -0.15) is 4.31 Å². The highest BCUT2D eigenvalue weighted by molar-refractivity contribution is 7.89. The lowest BCUT2D eigenvalue weighted by Gasteiger charge is -2.30. The molecule has 1 N–H and O–H groups in total. The Morgan fingerprint density at radius 1 is 1.50 bits per heavy atom. The van der Waals surface area contributed by atoms with Gasteiger partial charge in [-0.05, 0) is 25.5 Å². The van der Waals surface area contributed by atoms with Gasteiger partial charge in [-0.25, -0.2) is 13.4 Å². The van der Waals surface area contributed by atoms with E-state index in [9.17, 15) is 18.5 Å². The second-order valence-electron chi connectivity index (χ2n) is 4.63. The average Bonchev–Trinajstić information content (AvgIpc) is 2.47. The van der Waals surface area contributed by atoms with Crippen LogP contribution in [0.2, 0.25) is 0 Å². The molecule has 1 atom stereocenters. The smallest absolute Gasteiger partial charge is 0.287 e. The van der Waals surface area contributed by atoms with E-state index >= 15 is 0 Å². The molecule has 1 aliphatic heterocycles. The standard InChI is InChI=1S/C11H16N4O4S/c1-14(9-3-2-6-12-7-9)20(18,19)11-5-4-10(8-13-11)15(16)17/h4-5,8-9,12H,2-3,6-7H2,1H3/t9-/m1/s1. The molecule has 0 aromatic carbocycles. The Balaban J connectivity index is 2.22. The van der Waals surface area contributed by atoms with Crippen molar-refractivity contribution in [1.29, 1.82) is 0 Å². The molecule has 8 nitrogen and oxygen atoms in total. The Labute approximate surface area is 117 Å². The minimum atomic E-state index is -3.72. The number of rotatable bonds is 4. The van der Waals surface area contributed by atoms with Crippen molar-refractivity contribution in [3.63, 3.8) is 0 Å². The lowest BCUT2D eigenvalue weighted by molar-refractivity contribution is -0.385. The number of hydrogen-bond acceptors (Lipinski definition) is 6. The number of pyridine rings is 1. The van der Waals surface area contributed by atoms with Crippen LogP contribution in [-0.2, 0) is 10.0 Å². The van der Waals surface area contributed by atoms with Crippen molar-refractivity contribution in [2.75, 3.05) is 20.1 Å². The zero-order valence-corrected chi connectivity index (χ0v) is 11.8. The summed E-state index contributed by atoms with van der Waals surface area (Å²) in [6.07, 6.45) is 2.66. The fraction of sp³-hybridized carbons (Fsp3) is 0.545. The molecule has 0 bridgehead atoms. The molecule has 20 heavy (non-hydrogen) atoms. The highest BCUT2D eigenvalue weighted by Gasteiger charge is 2.30. The Hall–Kier alpha value is -1.58. The highest BCUT2D eigenvalue weighted by Crippen LogP contribution is 2.19. The van der Waals surface area contributed by atoms with Crippen LogP contribution in [0.25, 0.3) is 0 Å². The largest absolute Gasteiger partial charge is 0.315 e. The van der Waals surface area contributed by atoms with Crippen LogP contribution in [0.3, 0.4) is 0 Å². The zero-order chi connectivity index (χ0) is 14.8. The normalized spacial score (nSPS) is 20.0. The SMILES string of the molecule is CN([C@@H]1CCCNC1)S(=O)(=O)c1ccc([N+](=O)[O-])cn1. The minimum Gasteiger partial charge on any atom is -0.315 e. The molecule has 110 valence electrons. The molecule has 0 unspecified atom stereocenters. The van der Waals surface area contributed by atoms with Gasteiger partial charge in [0.05, 0.1) is 4.92 Å². The third-order valence-corrected chi connectivity index (χ3v) is 5.19. The lowest BCUT2D eigenvalue weighted by atomic mass is 10.1. The third-order valence-electron chi connectivity index (χ3n) is 3.36. The number of hydrogen-bond donors (Lipinski definition) is 1. The van der Waals surface area contributed by atoms with Gasteiger partial charge in [0.2, 0.25) is 0 Å². The fourth-order valence-corrected chi connectivity index (χ4v) is 3.41. The van der Waals surface area contributed by atoms with Crippen molar-refractivity contribution in [1.82, 2.24) is 14.6 Å². The van der Waals surface area contributed by atoms with Gasteiger partial charge in [-0.15, -0.1) is 0 Å². The van der Waals surface area contributed by atoms with Gasteiger partial charge in [0, 0.05) is 25.7 Å². The van der Waals surface area contributed by atoms with Crippen molar-refractivity contribution >= 4 is 15.7 Å². The quantitative estimate of drug-likeness (QED) is 0.636. The molecule has 1 aromatic rings. The monoisotopic (exact) mass is 300 g/mol. The summed E-state index contributed by atoms with van der Waals surface area (Å²) in [5.74, 6) is 0. The maximum Gasteiger partial charge on any atom is 0.287 e. The number of sulfonamides is 1. The van der Waals surface area contributed by atoms with Crippen molar-refractivity contribution in [2.24, 2.45) is 0 Å². The predicted molar refractivity (Wildman–Crippen MR) is 71.7 cm³/mol. The molecule has 0 saturated carbocycles. The maximum absolute atomic E-state index is 12.4. The number of likely N-dealkylation sites (N-methyl/N-ethyl adjacent to an activating group) is 1. The number of piperidine rings is 1. The van der Waals surface area contributed by atoms with Gasteiger partial charge in [-0.3, -0.25) is 10.1 Å². The first-order valence-corrected chi connectivity index (χ1v) is 7.66. The summed E-state index contributed by atoms with van der Waals surface area (Å²) in [6.45, 7) is 1.49. The first kappa shape index (κ1) is 14.8. The zero-order valence-electron chi connectivity index (χ0n) is 11.0. The van der Waals surface area contributed by atoms with Crippen molar-refractivity contribution in [2.45, 2.75) is 23.9 Å². The van der Waals surface area contributed by atoms with E-state index < -0.39 is 14.9 Å². The van der Waals surface area contributed by atoms with E-state index in [1.165, 1.54) is 17.4 Å². The van der Waals surface area contributed by atoms with E-state index in [1.54, 1.807) is 0 Å². The summed E-state index contributed by atoms with van der Waals surface area (Å²) >= 11 is 0.